The number of aryl methyl sites for hydroxylation is 1. The van der Waals surface area contributed by atoms with Gasteiger partial charge in [-0.25, -0.2) is 13.1 Å². The van der Waals surface area contributed by atoms with Crippen molar-refractivity contribution >= 4 is 15.9 Å². The highest BCUT2D eigenvalue weighted by atomic mass is 32.2. The zero-order valence-electron chi connectivity index (χ0n) is 15.7. The maximum absolute atomic E-state index is 12.0. The average Bonchev–Trinajstić information content (AvgIpc) is 2.61. The van der Waals surface area contributed by atoms with Crippen LogP contribution in [0.4, 0.5) is 0 Å². The lowest BCUT2D eigenvalue weighted by molar-refractivity contribution is -0.120. The van der Waals surface area contributed by atoms with Crippen molar-refractivity contribution in [3.8, 4) is 5.75 Å². The van der Waals surface area contributed by atoms with E-state index in [2.05, 4.69) is 10.0 Å². The van der Waals surface area contributed by atoms with E-state index in [1.54, 1.807) is 6.92 Å². The summed E-state index contributed by atoms with van der Waals surface area (Å²) in [4.78, 5) is 12.0. The standard InChI is InChI=1S/C20H26N2O4S/c1-3-22-27(24,25)12-11-21-20(23)14-17-8-6-10-19(13-17)26-15-18-9-5-4-7-16(18)2/h4-10,13,22H,3,11-12,14-15H2,1-2H3,(H,21,23). The van der Waals surface area contributed by atoms with Crippen molar-refractivity contribution < 1.29 is 17.9 Å². The minimum absolute atomic E-state index is 0.0810. The van der Waals surface area contributed by atoms with E-state index in [4.69, 9.17) is 4.74 Å². The molecule has 6 nitrogen and oxygen atoms in total. The lowest BCUT2D eigenvalue weighted by Crippen LogP contribution is -2.34. The maximum atomic E-state index is 12.0. The Morgan fingerprint density at radius 3 is 2.63 bits per heavy atom. The molecule has 0 aliphatic carbocycles. The fourth-order valence-corrected chi connectivity index (χ4v) is 3.50. The maximum Gasteiger partial charge on any atom is 0.224 e. The molecule has 0 saturated heterocycles. The summed E-state index contributed by atoms with van der Waals surface area (Å²) in [5.74, 6) is 0.336. The fourth-order valence-electron chi connectivity index (χ4n) is 2.54. The normalized spacial score (nSPS) is 11.2. The second-order valence-corrected chi connectivity index (χ2v) is 8.13. The minimum Gasteiger partial charge on any atom is -0.489 e. The van der Waals surface area contributed by atoms with Crippen LogP contribution in [0.2, 0.25) is 0 Å². The van der Waals surface area contributed by atoms with Crippen LogP contribution >= 0.6 is 0 Å². The lowest BCUT2D eigenvalue weighted by atomic mass is 10.1. The van der Waals surface area contributed by atoms with E-state index >= 15 is 0 Å². The molecule has 146 valence electrons. The molecule has 0 atom stereocenters. The number of nitrogens with one attached hydrogen (secondary N) is 2. The minimum atomic E-state index is -3.33. The molecular formula is C20H26N2O4S. The Labute approximate surface area is 161 Å². The first-order valence-electron chi connectivity index (χ1n) is 8.90. The predicted molar refractivity (Wildman–Crippen MR) is 106 cm³/mol. The van der Waals surface area contributed by atoms with Gasteiger partial charge in [0.15, 0.2) is 0 Å². The smallest absolute Gasteiger partial charge is 0.224 e. The van der Waals surface area contributed by atoms with Gasteiger partial charge in [0.25, 0.3) is 0 Å². The number of carbonyl (C=O) groups excluding carboxylic acids is 1. The number of sulfonamides is 1. The van der Waals surface area contributed by atoms with Crippen LogP contribution in [0.1, 0.15) is 23.6 Å². The second-order valence-electron chi connectivity index (χ2n) is 6.21. The van der Waals surface area contributed by atoms with Gasteiger partial charge < -0.3 is 10.1 Å². The van der Waals surface area contributed by atoms with Gasteiger partial charge in [-0.05, 0) is 35.7 Å². The molecule has 2 aromatic rings. The molecule has 1 amide bonds. The highest BCUT2D eigenvalue weighted by molar-refractivity contribution is 7.89. The molecule has 0 fully saturated rings. The Morgan fingerprint density at radius 1 is 1.11 bits per heavy atom. The van der Waals surface area contributed by atoms with Crippen LogP contribution in [0.15, 0.2) is 48.5 Å². The summed E-state index contributed by atoms with van der Waals surface area (Å²) in [6.45, 7) is 4.63. The fraction of sp³-hybridized carbons (Fsp3) is 0.350. The summed E-state index contributed by atoms with van der Waals surface area (Å²) < 4.78 is 31.3. The van der Waals surface area contributed by atoms with Crippen molar-refractivity contribution in [2.75, 3.05) is 18.8 Å². The third-order valence-electron chi connectivity index (χ3n) is 3.98. The van der Waals surface area contributed by atoms with Crippen molar-refractivity contribution in [2.45, 2.75) is 26.9 Å². The van der Waals surface area contributed by atoms with Crippen molar-refractivity contribution in [1.29, 1.82) is 0 Å². The summed E-state index contributed by atoms with van der Waals surface area (Å²) in [6.07, 6.45) is 0.169. The molecule has 0 unspecified atom stereocenters. The van der Waals surface area contributed by atoms with Crippen molar-refractivity contribution in [3.63, 3.8) is 0 Å². The lowest BCUT2D eigenvalue weighted by Gasteiger charge is -2.10. The monoisotopic (exact) mass is 390 g/mol. The first-order chi connectivity index (χ1) is 12.9. The van der Waals surface area contributed by atoms with Gasteiger partial charge in [0.05, 0.1) is 12.2 Å². The number of amides is 1. The Morgan fingerprint density at radius 2 is 1.89 bits per heavy atom. The van der Waals surface area contributed by atoms with Gasteiger partial charge in [-0.3, -0.25) is 4.79 Å². The van der Waals surface area contributed by atoms with Gasteiger partial charge >= 0.3 is 0 Å². The summed E-state index contributed by atoms with van der Waals surface area (Å²) in [6, 6.07) is 15.4. The number of benzene rings is 2. The Hall–Kier alpha value is -2.38. The molecule has 27 heavy (non-hydrogen) atoms. The van der Waals surface area contributed by atoms with E-state index in [-0.39, 0.29) is 24.6 Å². The Kier molecular flexibility index (Phi) is 7.82. The number of carbonyl (C=O) groups is 1. The van der Waals surface area contributed by atoms with E-state index < -0.39 is 10.0 Å². The Bertz CT molecular complexity index is 866. The predicted octanol–water partition coefficient (Wildman–Crippen LogP) is 2.17. The zero-order valence-corrected chi connectivity index (χ0v) is 16.5. The molecule has 0 aliphatic rings. The highest BCUT2D eigenvalue weighted by Crippen LogP contribution is 2.17. The van der Waals surface area contributed by atoms with Gasteiger partial charge in [-0.1, -0.05) is 43.3 Å². The van der Waals surface area contributed by atoms with E-state index in [0.717, 1.165) is 11.1 Å². The second kappa shape index (κ2) is 10.1. The summed E-state index contributed by atoms with van der Waals surface area (Å²) in [5, 5.41) is 2.63. The van der Waals surface area contributed by atoms with Gasteiger partial charge in [0.1, 0.15) is 12.4 Å². The third-order valence-corrected chi connectivity index (χ3v) is 5.45. The van der Waals surface area contributed by atoms with Gasteiger partial charge in [0, 0.05) is 13.1 Å². The van der Waals surface area contributed by atoms with Gasteiger partial charge in [-0.2, -0.15) is 0 Å². The molecular weight excluding hydrogens is 364 g/mol. The molecule has 0 aromatic heterocycles. The van der Waals surface area contributed by atoms with Crippen LogP contribution in [0.25, 0.3) is 0 Å². The Balaban J connectivity index is 1.84. The summed E-state index contributed by atoms with van der Waals surface area (Å²) >= 11 is 0. The summed E-state index contributed by atoms with van der Waals surface area (Å²) in [5.41, 5.74) is 3.09. The highest BCUT2D eigenvalue weighted by Gasteiger charge is 2.10. The zero-order chi connectivity index (χ0) is 19.7. The van der Waals surface area contributed by atoms with Crippen LogP contribution in [-0.2, 0) is 27.8 Å². The number of rotatable bonds is 10. The van der Waals surface area contributed by atoms with E-state index in [1.165, 1.54) is 5.56 Å². The largest absolute Gasteiger partial charge is 0.489 e. The molecule has 0 aliphatic heterocycles. The SMILES string of the molecule is CCNS(=O)(=O)CCNC(=O)Cc1cccc(OCc2ccccc2C)c1. The van der Waals surface area contributed by atoms with Gasteiger partial charge in [-0.15, -0.1) is 0 Å². The van der Waals surface area contributed by atoms with Crippen LogP contribution in [-0.4, -0.2) is 33.2 Å². The molecule has 0 spiro atoms. The molecule has 0 saturated carbocycles. The topological polar surface area (TPSA) is 84.5 Å². The van der Waals surface area contributed by atoms with Crippen LogP contribution in [0, 0.1) is 6.92 Å². The molecule has 2 N–H and O–H groups in total. The average molecular weight is 391 g/mol. The van der Waals surface area contributed by atoms with Crippen LogP contribution < -0.4 is 14.8 Å². The quantitative estimate of drug-likeness (QED) is 0.651. The molecule has 0 heterocycles. The van der Waals surface area contributed by atoms with Crippen molar-refractivity contribution in [1.82, 2.24) is 10.0 Å². The molecule has 0 radical (unpaired) electrons. The molecule has 2 aromatic carbocycles. The van der Waals surface area contributed by atoms with Crippen LogP contribution in [0.3, 0.4) is 0 Å². The summed E-state index contributed by atoms with van der Waals surface area (Å²) in [7, 11) is -3.33. The van der Waals surface area contributed by atoms with Crippen molar-refractivity contribution in [3.05, 3.63) is 65.2 Å². The molecule has 2 rings (SSSR count). The number of hydrogen-bond donors (Lipinski definition) is 2. The first-order valence-corrected chi connectivity index (χ1v) is 10.5. The number of ether oxygens (including phenoxy) is 1. The van der Waals surface area contributed by atoms with E-state index in [1.807, 2.05) is 55.5 Å². The van der Waals surface area contributed by atoms with Crippen LogP contribution in [0.5, 0.6) is 5.75 Å². The van der Waals surface area contributed by atoms with Crippen molar-refractivity contribution in [2.24, 2.45) is 0 Å². The third kappa shape index (κ3) is 7.40. The van der Waals surface area contributed by atoms with Gasteiger partial charge in [0.2, 0.25) is 15.9 Å². The van der Waals surface area contributed by atoms with E-state index in [9.17, 15) is 13.2 Å². The first kappa shape index (κ1) is 20.9. The molecule has 7 heteroatoms. The molecule has 0 bridgehead atoms. The van der Waals surface area contributed by atoms with E-state index in [0.29, 0.717) is 18.9 Å². The number of hydrogen-bond acceptors (Lipinski definition) is 4.